The Morgan fingerprint density at radius 1 is 1.02 bits per heavy atom. The van der Waals surface area contributed by atoms with Gasteiger partial charge >= 0.3 is 12.4 Å². The third-order valence-corrected chi connectivity index (χ3v) is 10.7. The number of rotatable bonds is 25. The van der Waals surface area contributed by atoms with Gasteiger partial charge in [0.05, 0.1) is 37.0 Å². The number of benzene rings is 2. The minimum atomic E-state index is -5.01. The Labute approximate surface area is 360 Å². The van der Waals surface area contributed by atoms with Gasteiger partial charge in [-0.2, -0.15) is 30.7 Å². The molecule has 2 unspecified atom stereocenters. The van der Waals surface area contributed by atoms with Gasteiger partial charge < -0.3 is 45.9 Å². The number of hydrazine groups is 1. The Morgan fingerprint density at radius 3 is 2.29 bits per heavy atom. The molecule has 63 heavy (non-hydrogen) atoms. The maximum atomic E-state index is 15.9. The number of nitrogens with one attached hydrogen (secondary N) is 2. The molecule has 2 aromatic rings. The number of alkyl halides is 6. The molecule has 0 radical (unpaired) electrons. The van der Waals surface area contributed by atoms with Crippen LogP contribution < -0.4 is 21.2 Å². The van der Waals surface area contributed by atoms with E-state index in [0.717, 1.165) is 19.2 Å². The summed E-state index contributed by atoms with van der Waals surface area (Å²) < 4.78 is 125. The van der Waals surface area contributed by atoms with Crippen molar-refractivity contribution >= 4 is 23.5 Å². The summed E-state index contributed by atoms with van der Waals surface area (Å²) in [6, 6.07) is 4.36. The zero-order valence-electron chi connectivity index (χ0n) is 35.3. The van der Waals surface area contributed by atoms with E-state index in [1.165, 1.54) is 18.1 Å². The molecule has 0 spiro atoms. The third kappa shape index (κ3) is 14.6. The van der Waals surface area contributed by atoms with Crippen LogP contribution in [0.15, 0.2) is 65.0 Å². The predicted molar refractivity (Wildman–Crippen MR) is 220 cm³/mol. The first-order valence-corrected chi connectivity index (χ1v) is 19.9. The van der Waals surface area contributed by atoms with Gasteiger partial charge in [-0.25, -0.2) is 9.40 Å². The van der Waals surface area contributed by atoms with Crippen molar-refractivity contribution in [3.05, 3.63) is 88.3 Å². The maximum absolute atomic E-state index is 15.9. The molecule has 0 saturated heterocycles. The minimum Gasteiger partial charge on any atom is -0.510 e. The van der Waals surface area contributed by atoms with Crippen molar-refractivity contribution in [2.45, 2.75) is 68.9 Å². The van der Waals surface area contributed by atoms with Gasteiger partial charge in [0, 0.05) is 68.4 Å². The van der Waals surface area contributed by atoms with Crippen molar-refractivity contribution < 1.29 is 69.8 Å². The lowest BCUT2D eigenvalue weighted by Crippen LogP contribution is -2.53. The average Bonchev–Trinajstić information content (AvgIpc) is 3.74. The van der Waals surface area contributed by atoms with Crippen molar-refractivity contribution in [2.75, 3.05) is 72.6 Å². The number of allylic oxidation sites excluding steroid dienone is 2. The standard InChI is InChI=1S/C42H56F8N6O7/c1-26(54-34-11-9-29(41(45,46)47)20-32(34)33(51)21-36(52-2)42(48,49)50)31(39(61)40(13-5-6-14-40)56(4)53-25-59)19-28-8-12-35(38(44)37(28)43)63-18-17-62-16-15-55(3)22-27(23-57)7-10-30(60)24-58/h8-9,11-12,20-21,25,27,30,54,57-58,60-61H,1,5-7,10,13-19,22-24,51H2,2-4H3,(H,53,59)/b33-21?,39-31-,52-36?. The van der Waals surface area contributed by atoms with E-state index in [-0.39, 0.29) is 74.3 Å². The van der Waals surface area contributed by atoms with Crippen LogP contribution in [0.25, 0.3) is 5.70 Å². The Bertz CT molecular complexity index is 1940. The summed E-state index contributed by atoms with van der Waals surface area (Å²) in [5.41, 5.74) is 1.97. The van der Waals surface area contributed by atoms with Gasteiger partial charge in [-0.1, -0.05) is 25.5 Å². The second-order valence-corrected chi connectivity index (χ2v) is 15.2. The lowest BCUT2D eigenvalue weighted by atomic mass is 9.87. The number of carbonyl (C=O) groups is 1. The number of aliphatic imine (C=N–C) groups is 1. The highest BCUT2D eigenvalue weighted by atomic mass is 19.4. The van der Waals surface area contributed by atoms with Gasteiger partial charge in [0.1, 0.15) is 18.1 Å². The van der Waals surface area contributed by atoms with Gasteiger partial charge in [0.25, 0.3) is 0 Å². The Hall–Kier alpha value is -4.80. The van der Waals surface area contributed by atoms with Crippen molar-refractivity contribution in [1.82, 2.24) is 15.3 Å². The molecule has 0 bridgehead atoms. The Balaban J connectivity index is 1.91. The first kappa shape index (κ1) is 52.5. The van der Waals surface area contributed by atoms with Crippen molar-refractivity contribution in [2.24, 2.45) is 16.6 Å². The first-order valence-electron chi connectivity index (χ1n) is 19.9. The molecular formula is C42H56F8N6O7. The molecule has 1 fully saturated rings. The lowest BCUT2D eigenvalue weighted by Gasteiger charge is -2.38. The summed E-state index contributed by atoms with van der Waals surface area (Å²) in [6.07, 6.45) is -8.21. The normalized spacial score (nSPS) is 16.3. The van der Waals surface area contributed by atoms with Crippen LogP contribution in [0.4, 0.5) is 40.8 Å². The molecule has 2 atom stereocenters. The van der Waals surface area contributed by atoms with E-state index in [1.807, 2.05) is 11.9 Å². The fourth-order valence-electron chi connectivity index (χ4n) is 7.15. The molecule has 352 valence electrons. The molecule has 1 aliphatic carbocycles. The fraction of sp³-hybridized carbons (Fsp3) is 0.524. The number of carbonyl (C=O) groups excluding carboxylic acids is 1. The van der Waals surface area contributed by atoms with Crippen LogP contribution in [0, 0.1) is 17.6 Å². The third-order valence-electron chi connectivity index (χ3n) is 10.7. The van der Waals surface area contributed by atoms with Crippen LogP contribution in [-0.4, -0.2) is 128 Å². The molecule has 8 N–H and O–H groups in total. The molecule has 3 rings (SSSR count). The summed E-state index contributed by atoms with van der Waals surface area (Å²) >= 11 is 0. The Morgan fingerprint density at radius 2 is 1.70 bits per heavy atom. The van der Waals surface area contributed by atoms with Crippen LogP contribution in [0.1, 0.15) is 55.2 Å². The highest BCUT2D eigenvalue weighted by molar-refractivity contribution is 6.04. The average molecular weight is 909 g/mol. The summed E-state index contributed by atoms with van der Waals surface area (Å²) in [5.74, 6) is -3.82. The molecular weight excluding hydrogens is 852 g/mol. The van der Waals surface area contributed by atoms with E-state index in [2.05, 4.69) is 22.3 Å². The lowest BCUT2D eigenvalue weighted by molar-refractivity contribution is -0.137. The molecule has 1 amide bonds. The van der Waals surface area contributed by atoms with Gasteiger partial charge in [0.2, 0.25) is 12.2 Å². The van der Waals surface area contributed by atoms with E-state index in [9.17, 15) is 46.5 Å². The van der Waals surface area contributed by atoms with Crippen LogP contribution in [0.5, 0.6) is 5.75 Å². The highest BCUT2D eigenvalue weighted by Crippen LogP contribution is 2.42. The van der Waals surface area contributed by atoms with E-state index in [1.54, 1.807) is 0 Å². The first-order chi connectivity index (χ1) is 29.6. The summed E-state index contributed by atoms with van der Waals surface area (Å²) in [7, 11) is 4.10. The van der Waals surface area contributed by atoms with Crippen LogP contribution in [0.3, 0.4) is 0 Å². The predicted octanol–water partition coefficient (Wildman–Crippen LogP) is 5.87. The van der Waals surface area contributed by atoms with Gasteiger partial charge in [-0.15, -0.1) is 0 Å². The smallest absolute Gasteiger partial charge is 0.432 e. The Kier molecular flexibility index (Phi) is 19.8. The van der Waals surface area contributed by atoms with E-state index < -0.39 is 76.1 Å². The number of likely N-dealkylation sites (N-methyl/N-ethyl adjacent to an activating group) is 2. The number of hydrogen-bond donors (Lipinski definition) is 7. The van der Waals surface area contributed by atoms with Crippen LogP contribution >= 0.6 is 0 Å². The molecule has 0 aliphatic heterocycles. The maximum Gasteiger partial charge on any atom is 0.432 e. The highest BCUT2D eigenvalue weighted by Gasteiger charge is 2.44. The topological polar surface area (TPSA) is 185 Å². The van der Waals surface area contributed by atoms with Gasteiger partial charge in [-0.3, -0.25) is 15.2 Å². The van der Waals surface area contributed by atoms with Crippen LogP contribution in [-0.2, 0) is 22.1 Å². The number of hydrogen-bond acceptors (Lipinski definition) is 12. The molecule has 0 heterocycles. The van der Waals surface area contributed by atoms with E-state index in [4.69, 9.17) is 20.3 Å². The number of aliphatic hydroxyl groups is 4. The molecule has 13 nitrogen and oxygen atoms in total. The zero-order valence-corrected chi connectivity index (χ0v) is 35.3. The molecule has 21 heteroatoms. The minimum absolute atomic E-state index is 0.00610. The van der Waals surface area contributed by atoms with Crippen molar-refractivity contribution in [3.63, 3.8) is 0 Å². The van der Waals surface area contributed by atoms with Gasteiger partial charge in [-0.05, 0) is 74.6 Å². The number of ether oxygens (including phenoxy) is 2. The van der Waals surface area contributed by atoms with Crippen molar-refractivity contribution in [3.8, 4) is 5.75 Å². The SMILES string of the molecule is C=C(Nc1ccc(C(F)(F)F)cc1C(N)=CC(=NC)C(F)(F)F)/C(Cc1ccc(OCCOCCN(C)CC(CO)CCC(O)CO)c(F)c1F)=C(\O)C1(N(C)NC=O)CCCC1. The quantitative estimate of drug-likeness (QED) is 0.0120. The fourth-order valence-corrected chi connectivity index (χ4v) is 7.15. The van der Waals surface area contributed by atoms with E-state index in [0.29, 0.717) is 63.4 Å². The second kappa shape index (κ2) is 23.8. The summed E-state index contributed by atoms with van der Waals surface area (Å²) in [4.78, 5) is 16.5. The summed E-state index contributed by atoms with van der Waals surface area (Å²) in [6.45, 7) is 4.47. The number of anilines is 1. The molecule has 2 aromatic carbocycles. The molecule has 1 aliphatic rings. The largest absolute Gasteiger partial charge is 0.510 e. The van der Waals surface area contributed by atoms with Crippen molar-refractivity contribution in [1.29, 1.82) is 0 Å². The number of halogens is 8. The molecule has 0 aromatic heterocycles. The van der Waals surface area contributed by atoms with E-state index >= 15 is 8.78 Å². The number of nitrogens with two attached hydrogens (primary N) is 1. The molecule has 1 saturated carbocycles. The van der Waals surface area contributed by atoms with Crippen LogP contribution in [0.2, 0.25) is 0 Å². The van der Waals surface area contributed by atoms with Gasteiger partial charge in [0.15, 0.2) is 11.6 Å². The second-order valence-electron chi connectivity index (χ2n) is 15.2. The monoisotopic (exact) mass is 908 g/mol. The number of nitrogens with zero attached hydrogens (tertiary/aromatic N) is 3. The zero-order chi connectivity index (χ0) is 47.1. The summed E-state index contributed by atoms with van der Waals surface area (Å²) in [5, 5.41) is 44.3. The number of aliphatic hydroxyl groups excluding tert-OH is 4. The number of amides is 1.